The number of ether oxygens (including phenoxy) is 2. The van der Waals surface area contributed by atoms with E-state index in [0.29, 0.717) is 30.8 Å². The minimum absolute atomic E-state index is 0. The molecule has 1 aromatic rings. The molecular weight excluding hydrogens is 452 g/mol. The molecule has 2 rings (SSSR count). The minimum atomic E-state index is -0.361. The summed E-state index contributed by atoms with van der Waals surface area (Å²) in [6.07, 6.45) is 2.58. The van der Waals surface area contributed by atoms with Crippen molar-refractivity contribution in [2.45, 2.75) is 32.2 Å². The first-order chi connectivity index (χ1) is 12.0. The van der Waals surface area contributed by atoms with Crippen molar-refractivity contribution in [2.75, 3.05) is 27.3 Å². The van der Waals surface area contributed by atoms with Gasteiger partial charge in [0.2, 0.25) is 0 Å². The normalized spacial score (nSPS) is 14.8. The standard InChI is InChI=1S/C18H26FN3O3.HI/c1-12(22-18(20-2)21-9-8-17(23)24-3)14-6-7-16(15(19)10-14)25-11-13-4-5-13;/h6-7,10,12-13H,4-5,8-9,11H2,1-3H3,(H2,20,21,22);1H. The quantitative estimate of drug-likeness (QED) is 0.260. The maximum atomic E-state index is 14.2. The van der Waals surface area contributed by atoms with Crippen LogP contribution in [-0.2, 0) is 9.53 Å². The highest BCUT2D eigenvalue weighted by Crippen LogP contribution is 2.30. The number of rotatable bonds is 8. The molecule has 6 nitrogen and oxygen atoms in total. The average Bonchev–Trinajstić information content (AvgIpc) is 3.43. The van der Waals surface area contributed by atoms with E-state index in [1.165, 1.54) is 26.0 Å². The number of carbonyl (C=O) groups excluding carboxylic acids is 1. The number of halogens is 2. The lowest BCUT2D eigenvalue weighted by molar-refractivity contribution is -0.140. The number of hydrogen-bond acceptors (Lipinski definition) is 4. The second-order valence-corrected chi connectivity index (χ2v) is 6.14. The van der Waals surface area contributed by atoms with Crippen LogP contribution in [0.4, 0.5) is 4.39 Å². The Labute approximate surface area is 170 Å². The van der Waals surface area contributed by atoms with Crippen LogP contribution in [0.15, 0.2) is 23.2 Å². The number of methoxy groups -OCH3 is 1. The van der Waals surface area contributed by atoms with Crippen molar-refractivity contribution in [3.05, 3.63) is 29.6 Å². The lowest BCUT2D eigenvalue weighted by Gasteiger charge is -2.19. The predicted molar refractivity (Wildman–Crippen MR) is 110 cm³/mol. The Morgan fingerprint density at radius 1 is 1.42 bits per heavy atom. The van der Waals surface area contributed by atoms with Gasteiger partial charge in [0.1, 0.15) is 0 Å². The Bertz CT molecular complexity index is 624. The van der Waals surface area contributed by atoms with Crippen molar-refractivity contribution in [1.29, 1.82) is 0 Å². The molecule has 0 aliphatic heterocycles. The molecule has 0 saturated heterocycles. The molecule has 1 unspecified atom stereocenters. The third-order valence-electron chi connectivity index (χ3n) is 4.05. The number of esters is 1. The Morgan fingerprint density at radius 3 is 2.73 bits per heavy atom. The molecule has 2 N–H and O–H groups in total. The number of benzene rings is 1. The molecule has 1 aliphatic rings. The fourth-order valence-electron chi connectivity index (χ4n) is 2.26. The number of nitrogens with one attached hydrogen (secondary N) is 2. The van der Waals surface area contributed by atoms with Gasteiger partial charge in [-0.05, 0) is 43.4 Å². The van der Waals surface area contributed by atoms with E-state index in [0.717, 1.165) is 5.56 Å². The molecule has 1 fully saturated rings. The fourth-order valence-corrected chi connectivity index (χ4v) is 2.26. The molecule has 0 radical (unpaired) electrons. The highest BCUT2D eigenvalue weighted by Gasteiger charge is 2.22. The van der Waals surface area contributed by atoms with E-state index in [2.05, 4.69) is 20.4 Å². The lowest BCUT2D eigenvalue weighted by Crippen LogP contribution is -2.39. The summed E-state index contributed by atoms with van der Waals surface area (Å²) in [5, 5.41) is 6.18. The summed E-state index contributed by atoms with van der Waals surface area (Å²) in [5.74, 6) is 0.758. The van der Waals surface area contributed by atoms with E-state index < -0.39 is 0 Å². The van der Waals surface area contributed by atoms with Crippen LogP contribution < -0.4 is 15.4 Å². The maximum Gasteiger partial charge on any atom is 0.307 e. The van der Waals surface area contributed by atoms with Crippen LogP contribution in [0, 0.1) is 11.7 Å². The van der Waals surface area contributed by atoms with Gasteiger partial charge in [-0.15, -0.1) is 24.0 Å². The lowest BCUT2D eigenvalue weighted by atomic mass is 10.1. The highest BCUT2D eigenvalue weighted by molar-refractivity contribution is 14.0. The van der Waals surface area contributed by atoms with Crippen LogP contribution in [0.2, 0.25) is 0 Å². The second kappa shape index (κ2) is 11.2. The number of hydrogen-bond donors (Lipinski definition) is 2. The van der Waals surface area contributed by atoms with Crippen LogP contribution in [0.3, 0.4) is 0 Å². The summed E-state index contributed by atoms with van der Waals surface area (Å²) in [6, 6.07) is 4.82. The molecule has 1 aromatic carbocycles. The van der Waals surface area contributed by atoms with E-state index in [-0.39, 0.29) is 48.2 Å². The smallest absolute Gasteiger partial charge is 0.307 e. The van der Waals surface area contributed by atoms with Crippen molar-refractivity contribution < 1.29 is 18.7 Å². The van der Waals surface area contributed by atoms with E-state index in [4.69, 9.17) is 4.74 Å². The van der Waals surface area contributed by atoms with Crippen molar-refractivity contribution in [2.24, 2.45) is 10.9 Å². The summed E-state index contributed by atoms with van der Waals surface area (Å²) >= 11 is 0. The van der Waals surface area contributed by atoms with Gasteiger partial charge < -0.3 is 20.1 Å². The molecule has 1 atom stereocenters. The monoisotopic (exact) mass is 479 g/mol. The zero-order valence-electron chi connectivity index (χ0n) is 15.4. The van der Waals surface area contributed by atoms with Gasteiger partial charge >= 0.3 is 5.97 Å². The summed E-state index contributed by atoms with van der Waals surface area (Å²) in [4.78, 5) is 15.2. The third-order valence-corrected chi connectivity index (χ3v) is 4.05. The number of nitrogens with zero attached hydrogens (tertiary/aromatic N) is 1. The van der Waals surface area contributed by atoms with Crippen molar-refractivity contribution in [3.8, 4) is 5.75 Å². The number of aliphatic imine (C=N–C) groups is 1. The molecule has 146 valence electrons. The molecule has 26 heavy (non-hydrogen) atoms. The highest BCUT2D eigenvalue weighted by atomic mass is 127. The zero-order valence-corrected chi connectivity index (χ0v) is 17.7. The van der Waals surface area contributed by atoms with Gasteiger partial charge in [0, 0.05) is 13.6 Å². The number of carbonyl (C=O) groups is 1. The molecule has 1 saturated carbocycles. The average molecular weight is 479 g/mol. The minimum Gasteiger partial charge on any atom is -0.490 e. The van der Waals surface area contributed by atoms with Gasteiger partial charge in [-0.2, -0.15) is 0 Å². The fraction of sp³-hybridized carbons (Fsp3) is 0.556. The number of guanidine groups is 1. The van der Waals surface area contributed by atoms with Crippen molar-refractivity contribution >= 4 is 35.9 Å². The summed E-state index contributed by atoms with van der Waals surface area (Å²) in [7, 11) is 2.99. The van der Waals surface area contributed by atoms with Gasteiger partial charge in [-0.1, -0.05) is 6.07 Å². The van der Waals surface area contributed by atoms with Crippen LogP contribution in [0.25, 0.3) is 0 Å². The SMILES string of the molecule is CN=C(NCCC(=O)OC)NC(C)c1ccc(OCC2CC2)c(F)c1.I. The Balaban J connectivity index is 0.00000338. The first-order valence-electron chi connectivity index (χ1n) is 8.49. The summed E-state index contributed by atoms with van der Waals surface area (Å²) in [5.41, 5.74) is 0.784. The van der Waals surface area contributed by atoms with E-state index >= 15 is 0 Å². The van der Waals surface area contributed by atoms with Crippen LogP contribution in [-0.4, -0.2) is 39.2 Å². The maximum absolute atomic E-state index is 14.2. The first kappa shape index (κ1) is 22.5. The van der Waals surface area contributed by atoms with Crippen molar-refractivity contribution in [3.63, 3.8) is 0 Å². The molecule has 0 bridgehead atoms. The van der Waals surface area contributed by atoms with Crippen LogP contribution in [0.5, 0.6) is 5.75 Å². The Morgan fingerprint density at radius 2 is 2.15 bits per heavy atom. The van der Waals surface area contributed by atoms with E-state index in [1.807, 2.05) is 13.0 Å². The topological polar surface area (TPSA) is 72.0 Å². The van der Waals surface area contributed by atoms with Gasteiger partial charge in [-0.25, -0.2) is 4.39 Å². The molecule has 1 aliphatic carbocycles. The predicted octanol–water partition coefficient (Wildman–Crippen LogP) is 3.02. The summed E-state index contributed by atoms with van der Waals surface area (Å²) < 4.78 is 24.3. The molecule has 0 aromatic heterocycles. The molecule has 0 heterocycles. The van der Waals surface area contributed by atoms with Gasteiger partial charge in [0.15, 0.2) is 17.5 Å². The Hall–Kier alpha value is -1.58. The zero-order chi connectivity index (χ0) is 18.2. The Kier molecular flexibility index (Phi) is 9.68. The van der Waals surface area contributed by atoms with Gasteiger partial charge in [0.05, 0.1) is 26.2 Å². The third kappa shape index (κ3) is 7.35. The second-order valence-electron chi connectivity index (χ2n) is 6.14. The summed E-state index contributed by atoms with van der Waals surface area (Å²) in [6.45, 7) is 2.90. The molecule has 0 spiro atoms. The molecule has 0 amide bonds. The molecule has 8 heteroatoms. The van der Waals surface area contributed by atoms with Gasteiger partial charge in [-0.3, -0.25) is 9.79 Å². The van der Waals surface area contributed by atoms with E-state index in [9.17, 15) is 9.18 Å². The van der Waals surface area contributed by atoms with Crippen molar-refractivity contribution in [1.82, 2.24) is 10.6 Å². The molecular formula is C18H27FIN3O3. The largest absolute Gasteiger partial charge is 0.490 e. The first-order valence-corrected chi connectivity index (χ1v) is 8.49. The van der Waals surface area contributed by atoms with Gasteiger partial charge in [0.25, 0.3) is 0 Å². The van der Waals surface area contributed by atoms with Crippen LogP contribution >= 0.6 is 24.0 Å². The van der Waals surface area contributed by atoms with Crippen LogP contribution in [0.1, 0.15) is 37.8 Å². The van der Waals surface area contributed by atoms with E-state index in [1.54, 1.807) is 13.1 Å².